The van der Waals surface area contributed by atoms with Crippen LogP contribution in [-0.2, 0) is 0 Å². The van der Waals surface area contributed by atoms with Crippen LogP contribution in [0.25, 0.3) is 0 Å². The summed E-state index contributed by atoms with van der Waals surface area (Å²) >= 11 is 0. The minimum absolute atomic E-state index is 0.0522. The molecule has 5 nitrogen and oxygen atoms in total. The van der Waals surface area contributed by atoms with Crippen LogP contribution in [-0.4, -0.2) is 22.5 Å². The molecule has 0 bridgehead atoms. The van der Waals surface area contributed by atoms with E-state index in [2.05, 4.69) is 10.3 Å². The molecule has 1 heterocycles. The van der Waals surface area contributed by atoms with Crippen LogP contribution >= 0.6 is 0 Å². The summed E-state index contributed by atoms with van der Waals surface area (Å²) in [6, 6.07) is 10.7. The van der Waals surface area contributed by atoms with E-state index in [1.807, 2.05) is 18.2 Å². The molecule has 3 N–H and O–H groups in total. The van der Waals surface area contributed by atoms with Crippen molar-refractivity contribution in [2.45, 2.75) is 13.0 Å². The van der Waals surface area contributed by atoms with Gasteiger partial charge in [-0.2, -0.15) is 0 Å². The van der Waals surface area contributed by atoms with Crippen LogP contribution in [0.1, 0.15) is 27.6 Å². The molecule has 0 aliphatic carbocycles. The Hall–Kier alpha value is -2.40. The van der Waals surface area contributed by atoms with Gasteiger partial charge in [-0.3, -0.25) is 9.59 Å². The van der Waals surface area contributed by atoms with E-state index in [0.717, 1.165) is 0 Å². The third-order valence-corrected chi connectivity index (χ3v) is 3.04. The molecular weight excluding hydrogens is 256 g/mol. The van der Waals surface area contributed by atoms with Gasteiger partial charge in [0.05, 0.1) is 6.10 Å². The summed E-state index contributed by atoms with van der Waals surface area (Å²) in [4.78, 5) is 26.1. The predicted molar refractivity (Wildman–Crippen MR) is 75.5 cm³/mol. The molecule has 2 aromatic rings. The predicted octanol–water partition coefficient (Wildman–Crippen LogP) is 1.15. The third kappa shape index (κ3) is 3.13. The molecule has 1 aromatic carbocycles. The van der Waals surface area contributed by atoms with Gasteiger partial charge in [0.2, 0.25) is 0 Å². The standard InChI is InChI=1S/C15H16N2O3/c1-10-7-8-16-14(19)13(10)15(20)17-9-12(18)11-5-3-2-4-6-11/h2-8,12,18H,9H2,1H3,(H,16,19)(H,17,20). The lowest BCUT2D eigenvalue weighted by atomic mass is 10.1. The number of aliphatic hydroxyl groups is 1. The molecule has 0 aliphatic rings. The Morgan fingerprint density at radius 3 is 2.65 bits per heavy atom. The van der Waals surface area contributed by atoms with Gasteiger partial charge in [-0.15, -0.1) is 0 Å². The Morgan fingerprint density at radius 2 is 2.00 bits per heavy atom. The van der Waals surface area contributed by atoms with Crippen molar-refractivity contribution in [2.24, 2.45) is 0 Å². The van der Waals surface area contributed by atoms with Crippen LogP contribution in [0, 0.1) is 6.92 Å². The van der Waals surface area contributed by atoms with Crippen LogP contribution < -0.4 is 10.9 Å². The number of nitrogens with one attached hydrogen (secondary N) is 2. The summed E-state index contributed by atoms with van der Waals surface area (Å²) in [5, 5.41) is 12.5. The van der Waals surface area contributed by atoms with E-state index < -0.39 is 17.6 Å². The van der Waals surface area contributed by atoms with E-state index >= 15 is 0 Å². The molecule has 0 saturated carbocycles. The van der Waals surface area contributed by atoms with Crippen molar-refractivity contribution in [1.29, 1.82) is 0 Å². The number of hydrogen-bond acceptors (Lipinski definition) is 3. The number of pyridine rings is 1. The van der Waals surface area contributed by atoms with Crippen LogP contribution in [0.4, 0.5) is 0 Å². The van der Waals surface area contributed by atoms with Crippen molar-refractivity contribution in [2.75, 3.05) is 6.54 Å². The average molecular weight is 272 g/mol. The minimum atomic E-state index is -0.803. The first-order valence-corrected chi connectivity index (χ1v) is 6.29. The van der Waals surface area contributed by atoms with Crippen molar-refractivity contribution < 1.29 is 9.90 Å². The number of carbonyl (C=O) groups excluding carboxylic acids is 1. The maximum atomic E-state index is 12.0. The second-order valence-electron chi connectivity index (χ2n) is 4.50. The van der Waals surface area contributed by atoms with Crippen molar-refractivity contribution in [3.63, 3.8) is 0 Å². The maximum Gasteiger partial charge on any atom is 0.261 e. The molecule has 5 heteroatoms. The number of aromatic amines is 1. The highest BCUT2D eigenvalue weighted by Gasteiger charge is 2.15. The van der Waals surface area contributed by atoms with Crippen molar-refractivity contribution >= 4 is 5.91 Å². The molecule has 0 radical (unpaired) electrons. The van der Waals surface area contributed by atoms with Crippen molar-refractivity contribution in [3.05, 3.63) is 69.6 Å². The lowest BCUT2D eigenvalue weighted by Gasteiger charge is -2.12. The molecule has 0 saturated heterocycles. The number of hydrogen-bond donors (Lipinski definition) is 3. The van der Waals surface area contributed by atoms with E-state index in [9.17, 15) is 14.7 Å². The molecule has 104 valence electrons. The Bertz CT molecular complexity index is 650. The molecule has 2 rings (SSSR count). The van der Waals surface area contributed by atoms with E-state index in [4.69, 9.17) is 0 Å². The van der Waals surface area contributed by atoms with E-state index in [1.54, 1.807) is 25.1 Å². The molecule has 0 spiro atoms. The Labute approximate surface area is 116 Å². The van der Waals surface area contributed by atoms with E-state index in [1.165, 1.54) is 6.20 Å². The van der Waals surface area contributed by atoms with Gasteiger partial charge in [0, 0.05) is 12.7 Å². The zero-order chi connectivity index (χ0) is 14.5. The SMILES string of the molecule is Cc1cc[nH]c(=O)c1C(=O)NCC(O)c1ccccc1. The van der Waals surface area contributed by atoms with Gasteiger partial charge in [0.1, 0.15) is 5.56 Å². The van der Waals surface area contributed by atoms with Gasteiger partial charge in [-0.1, -0.05) is 30.3 Å². The first kappa shape index (κ1) is 14.0. The smallest absolute Gasteiger partial charge is 0.261 e. The third-order valence-electron chi connectivity index (χ3n) is 3.04. The summed E-state index contributed by atoms with van der Waals surface area (Å²) in [6.07, 6.45) is 0.691. The molecule has 1 aromatic heterocycles. The molecule has 1 amide bonds. The van der Waals surface area contributed by atoms with E-state index in [-0.39, 0.29) is 12.1 Å². The summed E-state index contributed by atoms with van der Waals surface area (Å²) < 4.78 is 0. The molecule has 1 atom stereocenters. The van der Waals surface area contributed by atoms with Gasteiger partial charge in [-0.25, -0.2) is 0 Å². The maximum absolute atomic E-state index is 12.0. The lowest BCUT2D eigenvalue weighted by Crippen LogP contribution is -2.33. The Kier molecular flexibility index (Phi) is 4.32. The Morgan fingerprint density at radius 1 is 1.30 bits per heavy atom. The second kappa shape index (κ2) is 6.16. The van der Waals surface area contributed by atoms with Gasteiger partial charge < -0.3 is 15.4 Å². The average Bonchev–Trinajstić information content (AvgIpc) is 2.45. The fourth-order valence-electron chi connectivity index (χ4n) is 1.93. The summed E-state index contributed by atoms with van der Waals surface area (Å²) in [6.45, 7) is 1.74. The topological polar surface area (TPSA) is 82.2 Å². The number of aryl methyl sites for hydroxylation is 1. The quantitative estimate of drug-likeness (QED) is 0.780. The van der Waals surface area contributed by atoms with Crippen LogP contribution in [0.3, 0.4) is 0 Å². The van der Waals surface area contributed by atoms with Crippen LogP contribution in [0.2, 0.25) is 0 Å². The zero-order valence-corrected chi connectivity index (χ0v) is 11.1. The number of carbonyl (C=O) groups is 1. The minimum Gasteiger partial charge on any atom is -0.387 e. The fraction of sp³-hybridized carbons (Fsp3) is 0.200. The molecular formula is C15H16N2O3. The highest BCUT2D eigenvalue weighted by Crippen LogP contribution is 2.10. The number of aromatic nitrogens is 1. The van der Waals surface area contributed by atoms with Gasteiger partial charge in [0.25, 0.3) is 11.5 Å². The number of amides is 1. The monoisotopic (exact) mass is 272 g/mol. The molecule has 20 heavy (non-hydrogen) atoms. The largest absolute Gasteiger partial charge is 0.387 e. The van der Waals surface area contributed by atoms with E-state index in [0.29, 0.717) is 11.1 Å². The summed E-state index contributed by atoms with van der Waals surface area (Å²) in [5.74, 6) is -0.487. The molecule has 0 fully saturated rings. The molecule has 1 unspecified atom stereocenters. The highest BCUT2D eigenvalue weighted by molar-refractivity contribution is 5.95. The van der Waals surface area contributed by atoms with Crippen LogP contribution in [0.15, 0.2) is 47.4 Å². The number of H-pyrrole nitrogens is 1. The number of benzene rings is 1. The van der Waals surface area contributed by atoms with Crippen molar-refractivity contribution in [1.82, 2.24) is 10.3 Å². The van der Waals surface area contributed by atoms with Crippen molar-refractivity contribution in [3.8, 4) is 0 Å². The van der Waals surface area contributed by atoms with Gasteiger partial charge in [0.15, 0.2) is 0 Å². The second-order valence-corrected chi connectivity index (χ2v) is 4.50. The van der Waals surface area contributed by atoms with Gasteiger partial charge >= 0.3 is 0 Å². The highest BCUT2D eigenvalue weighted by atomic mass is 16.3. The fourth-order valence-corrected chi connectivity index (χ4v) is 1.93. The summed E-state index contributed by atoms with van der Waals surface area (Å²) in [7, 11) is 0. The normalized spacial score (nSPS) is 11.9. The number of aliphatic hydroxyl groups excluding tert-OH is 1. The van der Waals surface area contributed by atoms with Gasteiger partial charge in [-0.05, 0) is 24.1 Å². The first-order valence-electron chi connectivity index (χ1n) is 6.29. The molecule has 0 aliphatic heterocycles. The first-order chi connectivity index (χ1) is 9.59. The number of rotatable bonds is 4. The zero-order valence-electron chi connectivity index (χ0n) is 11.1. The van der Waals surface area contributed by atoms with Crippen LogP contribution in [0.5, 0.6) is 0 Å². The summed E-state index contributed by atoms with van der Waals surface area (Å²) in [5.41, 5.74) is 0.955. The lowest BCUT2D eigenvalue weighted by molar-refractivity contribution is 0.0914. The Balaban J connectivity index is 2.05.